The number of hydrogen-bond donors (Lipinski definition) is 0. The quantitative estimate of drug-likeness (QED) is 0.0750. The highest BCUT2D eigenvalue weighted by atomic mass is 15.2. The Balaban J connectivity index is 0.757. The van der Waals surface area contributed by atoms with Crippen LogP contribution in [-0.4, -0.2) is 0 Å². The molecule has 0 N–H and O–H groups in total. The Morgan fingerprint density at radius 3 is 1.08 bits per heavy atom. The maximum atomic E-state index is 2.66. The molecule has 19 aromatic rings. The van der Waals surface area contributed by atoms with Gasteiger partial charge in [0.1, 0.15) is 0 Å². The van der Waals surface area contributed by atoms with Crippen molar-refractivity contribution >= 4 is 72.0 Å². The van der Waals surface area contributed by atoms with Crippen LogP contribution >= 0.6 is 0 Å². The van der Waals surface area contributed by atoms with E-state index in [9.17, 15) is 0 Å². The maximum absolute atomic E-state index is 2.66. The van der Waals surface area contributed by atoms with Crippen molar-refractivity contribution in [3.05, 3.63) is 488 Å². The van der Waals surface area contributed by atoms with E-state index in [2.05, 4.69) is 535 Å². The molecule has 0 spiro atoms. The SMILES string of the molecule is CC(C)(C)c1cc(-c2cccc3cccc(-c4ccccc4N(c4cc(CC(C)(C)c5cc(-c6cccc7cccc(-c8ccccc8N(c8ccccc8C8=CC=C[C@H]9C=C89)c8ccccc8-c8ccc(-c9ccccc9)cc8)c67)cc(C(C)(C)C)c5)ccc4-c4ccc(-c5ccccc5)cc4)c4cc(-c5cccc6ccccc56)ccc4-c4ccccc4)c23)cc(C(C)(C)C)c1. The molecule has 0 aliphatic heterocycles. The molecular weight excluding hydrogens is 1600 g/mol. The van der Waals surface area contributed by atoms with Crippen LogP contribution in [-0.2, 0) is 28.1 Å². The summed E-state index contributed by atoms with van der Waals surface area (Å²) >= 11 is 0. The molecule has 0 bridgehead atoms. The Bertz CT molecular complexity index is 7720. The van der Waals surface area contributed by atoms with Gasteiger partial charge in [-0.25, -0.2) is 0 Å². The molecule has 0 fully saturated rings. The summed E-state index contributed by atoms with van der Waals surface area (Å²) in [4.78, 5) is 5.22. The van der Waals surface area contributed by atoms with Crippen molar-refractivity contribution in [1.82, 2.24) is 0 Å². The lowest BCUT2D eigenvalue weighted by molar-refractivity contribution is 0.517. The van der Waals surface area contributed by atoms with Gasteiger partial charge in [0.05, 0.1) is 34.1 Å². The van der Waals surface area contributed by atoms with Crippen molar-refractivity contribution in [2.24, 2.45) is 5.92 Å². The number of hydrogen-bond acceptors (Lipinski definition) is 2. The summed E-state index contributed by atoms with van der Waals surface area (Å²) in [5, 5.41) is 7.19. The summed E-state index contributed by atoms with van der Waals surface area (Å²) in [5.41, 5.74) is 39.1. The highest BCUT2D eigenvalue weighted by Gasteiger charge is 2.35. The smallest absolute Gasteiger partial charge is 0.0546 e. The predicted molar refractivity (Wildman–Crippen MR) is 571 cm³/mol. The fourth-order valence-electron chi connectivity index (χ4n) is 20.3. The summed E-state index contributed by atoms with van der Waals surface area (Å²) in [6, 6.07) is 161. The van der Waals surface area contributed by atoms with Crippen molar-refractivity contribution in [3.63, 3.8) is 0 Å². The van der Waals surface area contributed by atoms with Crippen LogP contribution in [0.2, 0.25) is 0 Å². The second-order valence-electron chi connectivity index (χ2n) is 40.0. The van der Waals surface area contributed by atoms with Crippen LogP contribution in [0.4, 0.5) is 34.1 Å². The number of allylic oxidation sites excluding steroid dienone is 6. The summed E-state index contributed by atoms with van der Waals surface area (Å²) in [5.74, 6) is 0.357. The molecule has 0 aromatic heterocycles. The van der Waals surface area contributed by atoms with Crippen molar-refractivity contribution in [1.29, 1.82) is 0 Å². The van der Waals surface area contributed by atoms with Crippen molar-refractivity contribution in [2.45, 2.75) is 104 Å². The van der Waals surface area contributed by atoms with E-state index >= 15 is 0 Å². The Labute approximate surface area is 785 Å². The average molecular weight is 1710 g/mol. The largest absolute Gasteiger partial charge is 0.309 e. The van der Waals surface area contributed by atoms with Crippen molar-refractivity contribution in [2.75, 3.05) is 9.80 Å². The molecule has 2 heteroatoms. The first-order valence-electron chi connectivity index (χ1n) is 47.2. The molecule has 2 aliphatic rings. The van der Waals surface area contributed by atoms with Gasteiger partial charge in [0.25, 0.3) is 0 Å². The van der Waals surface area contributed by atoms with Crippen LogP contribution < -0.4 is 9.80 Å². The molecule has 0 saturated heterocycles. The lowest BCUT2D eigenvalue weighted by atomic mass is 9.74. The first-order valence-corrected chi connectivity index (χ1v) is 47.2. The van der Waals surface area contributed by atoms with Crippen molar-refractivity contribution in [3.8, 4) is 111 Å². The molecule has 0 heterocycles. The number of rotatable bonds is 20. The van der Waals surface area contributed by atoms with E-state index in [1.807, 2.05) is 0 Å². The van der Waals surface area contributed by atoms with Crippen LogP contribution in [0, 0.1) is 5.92 Å². The summed E-state index contributed by atoms with van der Waals surface area (Å²) in [6.45, 7) is 26.2. The molecular formula is C131H110N2. The molecule has 644 valence electrons. The maximum Gasteiger partial charge on any atom is 0.0546 e. The van der Waals surface area contributed by atoms with Crippen LogP contribution in [0.15, 0.2) is 455 Å². The fourth-order valence-corrected chi connectivity index (χ4v) is 20.3. The van der Waals surface area contributed by atoms with Crippen LogP contribution in [0.25, 0.3) is 149 Å². The van der Waals surface area contributed by atoms with Gasteiger partial charge in [-0.1, -0.05) is 489 Å². The second kappa shape index (κ2) is 34.6. The lowest BCUT2D eigenvalue weighted by Gasteiger charge is -2.34. The van der Waals surface area contributed by atoms with Crippen molar-refractivity contribution < 1.29 is 0 Å². The molecule has 133 heavy (non-hydrogen) atoms. The van der Waals surface area contributed by atoms with Gasteiger partial charge in [0.2, 0.25) is 0 Å². The first-order chi connectivity index (χ1) is 64.6. The lowest BCUT2D eigenvalue weighted by Crippen LogP contribution is -2.23. The number of para-hydroxylation sites is 4. The number of benzene rings is 19. The zero-order valence-corrected chi connectivity index (χ0v) is 77.9. The van der Waals surface area contributed by atoms with Gasteiger partial charge < -0.3 is 9.80 Å². The Hall–Kier alpha value is -15.2. The molecule has 0 radical (unpaired) electrons. The zero-order chi connectivity index (χ0) is 90.9. The van der Waals surface area contributed by atoms with E-state index in [0.717, 1.165) is 95.3 Å². The first kappa shape index (κ1) is 84.6. The van der Waals surface area contributed by atoms with E-state index in [-0.39, 0.29) is 16.2 Å². The van der Waals surface area contributed by atoms with Gasteiger partial charge in [-0.2, -0.15) is 0 Å². The summed E-state index contributed by atoms with van der Waals surface area (Å²) < 4.78 is 0. The highest BCUT2D eigenvalue weighted by molar-refractivity contribution is 6.13. The Morgan fingerprint density at radius 1 is 0.226 bits per heavy atom. The monoisotopic (exact) mass is 1710 g/mol. The zero-order valence-electron chi connectivity index (χ0n) is 77.9. The molecule has 21 rings (SSSR count). The minimum atomic E-state index is -0.446. The molecule has 1 atom stereocenters. The third kappa shape index (κ3) is 16.6. The second-order valence-corrected chi connectivity index (χ2v) is 40.0. The van der Waals surface area contributed by atoms with E-state index < -0.39 is 5.41 Å². The van der Waals surface area contributed by atoms with Crippen LogP contribution in [0.5, 0.6) is 0 Å². The van der Waals surface area contributed by atoms with Crippen LogP contribution in [0.1, 0.15) is 110 Å². The summed E-state index contributed by atoms with van der Waals surface area (Å²) in [7, 11) is 0. The van der Waals surface area contributed by atoms with Gasteiger partial charge >= 0.3 is 0 Å². The van der Waals surface area contributed by atoms with Gasteiger partial charge in [-0.3, -0.25) is 0 Å². The standard InChI is InChI=1S/C131H110N2/c1-128(2,3)102-78-100(79-103(84-102)129(4,5)6)111-56-32-45-96-47-35-60-118(126(96)111)116-54-26-30-64-123(116)133(125-83-99(74-76-110(125)93-41-19-14-20-42-93)107-55-31-44-92-43-21-22-50-106(92)107)124-77-87(65-75-109(124)95-72-68-91(69-73-95)89-39-17-13-18-40-89)86-131(10,11)105-81-101(80-104(85-105)130(7,8)9)112-57-33-46-97-48-34-59-117(127(97)112)115-53-25-29-63-122(115)132(121-62-28-24-52-114(121)113-58-36-49-98-82-119(98)113)120-61-27-23-51-108(120)94-70-66-90(67-71-94)88-37-15-12-16-38-88/h12-85,98H,86H2,1-11H3/t98-/m0/s1. The van der Waals surface area contributed by atoms with Gasteiger partial charge in [0.15, 0.2) is 0 Å². The molecule has 0 amide bonds. The molecule has 0 unspecified atom stereocenters. The van der Waals surface area contributed by atoms with E-state index in [1.54, 1.807) is 0 Å². The number of anilines is 6. The predicted octanol–water partition coefficient (Wildman–Crippen LogP) is 36.7. The Morgan fingerprint density at radius 2 is 0.564 bits per heavy atom. The highest BCUT2D eigenvalue weighted by Crippen LogP contribution is 2.56. The van der Waals surface area contributed by atoms with E-state index in [0.29, 0.717) is 12.3 Å². The molecule has 19 aromatic carbocycles. The van der Waals surface area contributed by atoms with E-state index in [4.69, 9.17) is 0 Å². The third-order valence-corrected chi connectivity index (χ3v) is 27.6. The van der Waals surface area contributed by atoms with Crippen LogP contribution in [0.3, 0.4) is 0 Å². The minimum absolute atomic E-state index is 0.0934. The molecule has 2 nitrogen and oxygen atoms in total. The van der Waals surface area contributed by atoms with Gasteiger partial charge in [-0.05, 0) is 219 Å². The number of fused-ring (bicyclic) bond motifs is 4. The fraction of sp³-hybridized carbons (Fsp3) is 0.130. The minimum Gasteiger partial charge on any atom is -0.309 e. The number of nitrogens with zero attached hydrogens (tertiary/aromatic N) is 2. The molecule has 2 aliphatic carbocycles. The van der Waals surface area contributed by atoms with E-state index in [1.165, 1.54) is 127 Å². The normalized spacial score (nSPS) is 13.2. The summed E-state index contributed by atoms with van der Waals surface area (Å²) in [6.07, 6.45) is 9.97. The molecule has 0 saturated carbocycles. The van der Waals surface area contributed by atoms with Gasteiger partial charge in [0, 0.05) is 39.3 Å². The topological polar surface area (TPSA) is 6.48 Å². The Kier molecular flexibility index (Phi) is 22.0. The average Bonchev–Trinajstić information content (AvgIpc) is 1.73. The van der Waals surface area contributed by atoms with Gasteiger partial charge in [-0.15, -0.1) is 0 Å². The third-order valence-electron chi connectivity index (χ3n) is 27.6.